The quantitative estimate of drug-likeness (QED) is 0.560. The molecule has 0 heterocycles. The van der Waals surface area contributed by atoms with Gasteiger partial charge in [0.15, 0.2) is 0 Å². The summed E-state index contributed by atoms with van der Waals surface area (Å²) in [5, 5.41) is 6.72. The van der Waals surface area contributed by atoms with E-state index in [1.165, 1.54) is 19.4 Å². The molecule has 3 nitrogen and oxygen atoms in total. The molecule has 15 heavy (non-hydrogen) atoms. The molecule has 0 fully saturated rings. The van der Waals surface area contributed by atoms with Gasteiger partial charge < -0.3 is 9.84 Å². The van der Waals surface area contributed by atoms with E-state index in [0.717, 1.165) is 6.92 Å². The van der Waals surface area contributed by atoms with E-state index in [2.05, 4.69) is 0 Å². The van der Waals surface area contributed by atoms with Gasteiger partial charge in [0.25, 0.3) is 5.97 Å². The Balaban J connectivity index is 0.000000423. The van der Waals surface area contributed by atoms with Gasteiger partial charge in [0.05, 0.1) is 13.4 Å². The van der Waals surface area contributed by atoms with Crippen LogP contribution < -0.4 is 0 Å². The molecule has 0 aromatic rings. The first kappa shape index (κ1) is 13.7. The number of rotatable bonds is 1. The summed E-state index contributed by atoms with van der Waals surface area (Å²) in [5.41, 5.74) is 0.633. The van der Waals surface area contributed by atoms with E-state index in [1.54, 1.807) is 12.2 Å². The molecule has 1 aliphatic carbocycles. The van der Waals surface area contributed by atoms with Crippen molar-refractivity contribution in [2.75, 3.05) is 7.11 Å². The van der Waals surface area contributed by atoms with Crippen molar-refractivity contribution in [3.05, 3.63) is 35.9 Å². The molecule has 84 valence electrons. The van der Waals surface area contributed by atoms with E-state index in [9.17, 15) is 4.39 Å². The maximum atomic E-state index is 12.7. The molecule has 1 unspecified atom stereocenters. The van der Waals surface area contributed by atoms with E-state index in [1.807, 2.05) is 0 Å². The van der Waals surface area contributed by atoms with Crippen LogP contribution in [0.15, 0.2) is 35.9 Å². The molecular formula is C10H12ClFO3. The predicted molar refractivity (Wildman–Crippen MR) is 56.4 cm³/mol. The molecule has 0 saturated heterocycles. The largest absolute Gasteiger partial charge is 0.504 e. The van der Waals surface area contributed by atoms with E-state index in [4.69, 9.17) is 26.2 Å². The second-order valence-electron chi connectivity index (χ2n) is 2.65. The molecule has 0 radical (unpaired) electrons. The number of carbonyl (C=O) groups is 1. The lowest BCUT2D eigenvalue weighted by molar-refractivity contribution is -0.134. The Morgan fingerprint density at radius 3 is 2.73 bits per heavy atom. The zero-order valence-corrected chi connectivity index (χ0v) is 9.16. The van der Waals surface area contributed by atoms with Crippen LogP contribution >= 0.6 is 11.6 Å². The van der Waals surface area contributed by atoms with E-state index < -0.39 is 11.3 Å². The number of carboxylic acid groups (broad SMARTS) is 1. The topological polar surface area (TPSA) is 46.5 Å². The lowest BCUT2D eigenvalue weighted by atomic mass is 10.1. The number of carboxylic acids is 1. The molecule has 1 aliphatic rings. The average molecular weight is 235 g/mol. The van der Waals surface area contributed by atoms with Gasteiger partial charge in [0.1, 0.15) is 11.2 Å². The number of hydrogen-bond acceptors (Lipinski definition) is 2. The maximum Gasteiger partial charge on any atom is 0.300 e. The highest BCUT2D eigenvalue weighted by molar-refractivity contribution is 6.24. The standard InChI is InChI=1S/C8H8ClFO.C2H4O2/c1-11-5-6-3-2-4-7(10)8(6)9;1-2(3)4/h2-5,8H,1H3;1H3,(H,3,4). The number of methoxy groups -OCH3 is 1. The normalized spacial score (nSPS) is 21.5. The Bertz CT molecular complexity index is 304. The van der Waals surface area contributed by atoms with E-state index >= 15 is 0 Å². The third kappa shape index (κ3) is 5.91. The van der Waals surface area contributed by atoms with Crippen LogP contribution in [0.5, 0.6) is 0 Å². The summed E-state index contributed by atoms with van der Waals surface area (Å²) in [7, 11) is 1.50. The summed E-state index contributed by atoms with van der Waals surface area (Å²) in [4.78, 5) is 9.00. The van der Waals surface area contributed by atoms with Crippen molar-refractivity contribution in [2.24, 2.45) is 0 Å². The van der Waals surface area contributed by atoms with Gasteiger partial charge in [0, 0.05) is 12.5 Å². The average Bonchev–Trinajstić information content (AvgIpc) is 2.12. The van der Waals surface area contributed by atoms with Crippen LogP contribution in [0.3, 0.4) is 0 Å². The lowest BCUT2D eigenvalue weighted by Gasteiger charge is -2.10. The molecule has 0 aliphatic heterocycles. The second-order valence-corrected chi connectivity index (χ2v) is 3.08. The molecule has 0 bridgehead atoms. The monoisotopic (exact) mass is 234 g/mol. The first-order valence-electron chi connectivity index (χ1n) is 4.09. The first-order valence-corrected chi connectivity index (χ1v) is 4.53. The van der Waals surface area contributed by atoms with Gasteiger partial charge in [-0.25, -0.2) is 4.39 Å². The maximum absolute atomic E-state index is 12.7. The van der Waals surface area contributed by atoms with Crippen LogP contribution in [-0.4, -0.2) is 23.6 Å². The minimum atomic E-state index is -0.833. The molecule has 0 aromatic heterocycles. The number of hydrogen-bond donors (Lipinski definition) is 1. The number of allylic oxidation sites excluding steroid dienone is 5. The summed E-state index contributed by atoms with van der Waals surface area (Å²) in [6.45, 7) is 1.08. The van der Waals surface area contributed by atoms with Crippen LogP contribution in [0.25, 0.3) is 0 Å². The van der Waals surface area contributed by atoms with Crippen molar-refractivity contribution >= 4 is 17.6 Å². The second kappa shape index (κ2) is 7.06. The van der Waals surface area contributed by atoms with Crippen LogP contribution in [0, 0.1) is 0 Å². The van der Waals surface area contributed by atoms with Gasteiger partial charge in [-0.2, -0.15) is 0 Å². The molecule has 1 rings (SSSR count). The highest BCUT2D eigenvalue weighted by atomic mass is 35.5. The highest BCUT2D eigenvalue weighted by Gasteiger charge is 2.16. The summed E-state index contributed by atoms with van der Waals surface area (Å²) in [6.07, 6.45) is 6.08. The van der Waals surface area contributed by atoms with Crippen LogP contribution in [0.4, 0.5) is 4.39 Å². The molecule has 5 heteroatoms. The fourth-order valence-corrected chi connectivity index (χ4v) is 1.01. The first-order chi connectivity index (χ1) is 6.99. The highest BCUT2D eigenvalue weighted by Crippen LogP contribution is 2.24. The number of aliphatic carboxylic acids is 1. The summed E-state index contributed by atoms with van der Waals surface area (Å²) in [6, 6.07) is 0. The zero-order chi connectivity index (χ0) is 11.8. The summed E-state index contributed by atoms with van der Waals surface area (Å²) >= 11 is 5.67. The Kier molecular flexibility index (Phi) is 6.45. The fraction of sp³-hybridized carbons (Fsp3) is 0.300. The molecule has 1 atom stereocenters. The summed E-state index contributed by atoms with van der Waals surface area (Å²) in [5.74, 6) is -1.18. The molecule has 0 saturated carbocycles. The van der Waals surface area contributed by atoms with Crippen molar-refractivity contribution in [2.45, 2.75) is 12.3 Å². The third-order valence-corrected chi connectivity index (χ3v) is 1.79. The number of ether oxygens (including phenoxy) is 1. The number of alkyl halides is 1. The SMILES string of the molecule is CC(=O)O.COC=C1C=CC=C(F)C1Cl. The van der Waals surface area contributed by atoms with E-state index in [0.29, 0.717) is 5.57 Å². The molecule has 1 N–H and O–H groups in total. The zero-order valence-electron chi connectivity index (χ0n) is 8.41. The fourth-order valence-electron chi connectivity index (χ4n) is 0.814. The van der Waals surface area contributed by atoms with Crippen LogP contribution in [-0.2, 0) is 9.53 Å². The Morgan fingerprint density at radius 1 is 1.73 bits per heavy atom. The van der Waals surface area contributed by atoms with Gasteiger partial charge in [-0.05, 0) is 6.08 Å². The molecule has 0 spiro atoms. The van der Waals surface area contributed by atoms with Crippen molar-refractivity contribution in [1.29, 1.82) is 0 Å². The van der Waals surface area contributed by atoms with Crippen molar-refractivity contribution in [1.82, 2.24) is 0 Å². The Hall–Kier alpha value is -1.29. The predicted octanol–water partition coefficient (Wildman–Crippen LogP) is 2.64. The molecule has 0 amide bonds. The van der Waals surface area contributed by atoms with Gasteiger partial charge in [-0.1, -0.05) is 12.2 Å². The summed E-state index contributed by atoms with van der Waals surface area (Å²) < 4.78 is 17.4. The van der Waals surface area contributed by atoms with Gasteiger partial charge >= 0.3 is 0 Å². The molecular weight excluding hydrogens is 223 g/mol. The minimum Gasteiger partial charge on any atom is -0.504 e. The Morgan fingerprint density at radius 2 is 2.27 bits per heavy atom. The van der Waals surface area contributed by atoms with Crippen molar-refractivity contribution in [3.8, 4) is 0 Å². The van der Waals surface area contributed by atoms with Crippen molar-refractivity contribution in [3.63, 3.8) is 0 Å². The number of halogens is 2. The van der Waals surface area contributed by atoms with Crippen LogP contribution in [0.1, 0.15) is 6.92 Å². The van der Waals surface area contributed by atoms with Gasteiger partial charge in [-0.3, -0.25) is 4.79 Å². The molecule has 0 aromatic carbocycles. The van der Waals surface area contributed by atoms with E-state index in [-0.39, 0.29) is 5.83 Å². The minimum absolute atomic E-state index is 0.350. The smallest absolute Gasteiger partial charge is 0.300 e. The van der Waals surface area contributed by atoms with Gasteiger partial charge in [-0.15, -0.1) is 11.6 Å². The van der Waals surface area contributed by atoms with Crippen molar-refractivity contribution < 1.29 is 19.0 Å². The lowest BCUT2D eigenvalue weighted by Crippen LogP contribution is -2.05. The Labute approximate surface area is 92.5 Å². The van der Waals surface area contributed by atoms with Crippen LogP contribution in [0.2, 0.25) is 0 Å². The van der Waals surface area contributed by atoms with Gasteiger partial charge in [0.2, 0.25) is 0 Å². The third-order valence-electron chi connectivity index (χ3n) is 1.33.